The van der Waals surface area contributed by atoms with Crippen LogP contribution in [-0.2, 0) is 22.4 Å². The second-order valence-electron chi connectivity index (χ2n) is 7.48. The lowest BCUT2D eigenvalue weighted by Crippen LogP contribution is -2.22. The number of rotatable bonds is 6. The number of hydrogen-bond acceptors (Lipinski definition) is 5. The zero-order valence-electron chi connectivity index (χ0n) is 17.0. The number of aryl methyl sites for hydroxylation is 2. The van der Waals surface area contributed by atoms with Crippen LogP contribution in [0.5, 0.6) is 0 Å². The number of carbonyl (C=O) groups is 2. The number of nitrogens with one attached hydrogen (secondary N) is 2. The molecule has 1 aliphatic rings. The molecule has 0 fully saturated rings. The van der Waals surface area contributed by atoms with Crippen molar-refractivity contribution < 1.29 is 14.3 Å². The summed E-state index contributed by atoms with van der Waals surface area (Å²) in [5, 5.41) is 6.70. The highest BCUT2D eigenvalue weighted by molar-refractivity contribution is 7.17. The molecular formula is C22H28N2O3S. The number of esters is 1. The van der Waals surface area contributed by atoms with Crippen molar-refractivity contribution in [3.05, 3.63) is 45.3 Å². The van der Waals surface area contributed by atoms with E-state index in [1.54, 1.807) is 6.92 Å². The molecule has 5 nitrogen and oxygen atoms in total. The molecule has 2 aromatic rings. The molecule has 1 aromatic heterocycles. The van der Waals surface area contributed by atoms with Crippen molar-refractivity contribution in [1.82, 2.24) is 0 Å². The number of anilines is 2. The van der Waals surface area contributed by atoms with Gasteiger partial charge in [0, 0.05) is 10.6 Å². The molecule has 0 saturated carbocycles. The van der Waals surface area contributed by atoms with Crippen LogP contribution in [0.15, 0.2) is 18.2 Å². The Bertz CT molecular complexity index is 888. The maximum Gasteiger partial charge on any atom is 0.341 e. The summed E-state index contributed by atoms with van der Waals surface area (Å²) in [5.74, 6) is 0.0820. The predicted molar refractivity (Wildman–Crippen MR) is 114 cm³/mol. The quantitative estimate of drug-likeness (QED) is 0.689. The van der Waals surface area contributed by atoms with E-state index in [1.807, 2.05) is 25.1 Å². The van der Waals surface area contributed by atoms with Crippen LogP contribution in [0, 0.1) is 19.8 Å². The molecule has 0 bridgehead atoms. The van der Waals surface area contributed by atoms with Crippen LogP contribution in [0.2, 0.25) is 0 Å². The fraction of sp³-hybridized carbons (Fsp3) is 0.455. The highest BCUT2D eigenvalue weighted by Gasteiger charge is 2.29. The lowest BCUT2D eigenvalue weighted by Gasteiger charge is -2.18. The third-order valence-corrected chi connectivity index (χ3v) is 6.37. The van der Waals surface area contributed by atoms with Crippen molar-refractivity contribution in [2.75, 3.05) is 23.8 Å². The lowest BCUT2D eigenvalue weighted by atomic mass is 9.88. The molecule has 1 aromatic carbocycles. The van der Waals surface area contributed by atoms with Crippen LogP contribution in [0.3, 0.4) is 0 Å². The molecule has 0 radical (unpaired) electrons. The van der Waals surface area contributed by atoms with Gasteiger partial charge in [-0.25, -0.2) is 4.79 Å². The third kappa shape index (κ3) is 4.55. The lowest BCUT2D eigenvalue weighted by molar-refractivity contribution is -0.114. The van der Waals surface area contributed by atoms with E-state index in [4.69, 9.17) is 4.74 Å². The Morgan fingerprint density at radius 2 is 2.04 bits per heavy atom. The van der Waals surface area contributed by atoms with E-state index >= 15 is 0 Å². The summed E-state index contributed by atoms with van der Waals surface area (Å²) in [4.78, 5) is 26.3. The fourth-order valence-electron chi connectivity index (χ4n) is 3.46. The van der Waals surface area contributed by atoms with Gasteiger partial charge in [-0.1, -0.05) is 13.0 Å². The minimum Gasteiger partial charge on any atom is -0.462 e. The molecule has 3 rings (SSSR count). The predicted octanol–water partition coefficient (Wildman–Crippen LogP) is 4.72. The monoisotopic (exact) mass is 400 g/mol. The van der Waals surface area contributed by atoms with Gasteiger partial charge in [0.15, 0.2) is 0 Å². The normalized spacial score (nSPS) is 15.6. The number of carbonyl (C=O) groups excluding carboxylic acids is 2. The summed E-state index contributed by atoms with van der Waals surface area (Å²) in [6.45, 7) is 8.58. The number of ether oxygens (including phenoxy) is 1. The summed E-state index contributed by atoms with van der Waals surface area (Å²) in [6, 6.07) is 6.02. The van der Waals surface area contributed by atoms with E-state index in [-0.39, 0.29) is 18.4 Å². The number of amides is 1. The van der Waals surface area contributed by atoms with Crippen LogP contribution >= 0.6 is 11.3 Å². The molecule has 6 heteroatoms. The van der Waals surface area contributed by atoms with E-state index in [9.17, 15) is 9.59 Å². The fourth-order valence-corrected chi connectivity index (χ4v) is 4.88. The molecule has 2 N–H and O–H groups in total. The summed E-state index contributed by atoms with van der Waals surface area (Å²) in [7, 11) is 0. The summed E-state index contributed by atoms with van der Waals surface area (Å²) >= 11 is 1.51. The first-order valence-electron chi connectivity index (χ1n) is 9.81. The van der Waals surface area contributed by atoms with Gasteiger partial charge in [0.05, 0.1) is 18.7 Å². The second kappa shape index (κ2) is 8.78. The molecule has 1 heterocycles. The summed E-state index contributed by atoms with van der Waals surface area (Å²) < 4.78 is 5.26. The third-order valence-electron chi connectivity index (χ3n) is 5.20. The maximum absolute atomic E-state index is 12.5. The Kier molecular flexibility index (Phi) is 6.39. The molecule has 1 aliphatic carbocycles. The first kappa shape index (κ1) is 20.4. The number of hydrogen-bond donors (Lipinski definition) is 2. The van der Waals surface area contributed by atoms with Crippen molar-refractivity contribution in [2.45, 2.75) is 47.0 Å². The van der Waals surface area contributed by atoms with E-state index < -0.39 is 0 Å². The Morgan fingerprint density at radius 1 is 1.25 bits per heavy atom. The smallest absolute Gasteiger partial charge is 0.341 e. The summed E-state index contributed by atoms with van der Waals surface area (Å²) in [5.41, 5.74) is 4.90. The molecule has 0 aliphatic heterocycles. The van der Waals surface area contributed by atoms with Gasteiger partial charge in [0.1, 0.15) is 5.00 Å². The zero-order chi connectivity index (χ0) is 20.3. The van der Waals surface area contributed by atoms with Crippen molar-refractivity contribution in [1.29, 1.82) is 0 Å². The standard InChI is InChI=1S/C22H28N2O3S/c1-5-27-22(26)20-17-9-6-13(2)10-18(17)28-21(20)24-19(25)12-23-16-8-7-14(3)15(4)11-16/h7-8,11,13,23H,5-6,9-10,12H2,1-4H3,(H,24,25). The highest BCUT2D eigenvalue weighted by atomic mass is 32.1. The van der Waals surface area contributed by atoms with Crippen LogP contribution in [-0.4, -0.2) is 25.0 Å². The molecule has 1 unspecified atom stereocenters. The Morgan fingerprint density at radius 3 is 2.75 bits per heavy atom. The van der Waals surface area contributed by atoms with Gasteiger partial charge in [-0.2, -0.15) is 0 Å². The average molecular weight is 401 g/mol. The topological polar surface area (TPSA) is 67.4 Å². The Labute approximate surface area is 170 Å². The number of thiophene rings is 1. The summed E-state index contributed by atoms with van der Waals surface area (Å²) in [6.07, 6.45) is 2.86. The van der Waals surface area contributed by atoms with Gasteiger partial charge in [0.2, 0.25) is 5.91 Å². The minimum absolute atomic E-state index is 0.143. The van der Waals surface area contributed by atoms with E-state index in [0.717, 1.165) is 30.5 Å². The molecule has 150 valence electrons. The molecule has 0 saturated heterocycles. The van der Waals surface area contributed by atoms with Crippen LogP contribution in [0.4, 0.5) is 10.7 Å². The first-order valence-corrected chi connectivity index (χ1v) is 10.6. The second-order valence-corrected chi connectivity index (χ2v) is 8.58. The van der Waals surface area contributed by atoms with Crippen LogP contribution < -0.4 is 10.6 Å². The van der Waals surface area contributed by atoms with E-state index in [1.165, 1.54) is 27.3 Å². The van der Waals surface area contributed by atoms with Gasteiger partial charge in [0.25, 0.3) is 0 Å². The Balaban J connectivity index is 1.74. The Hall–Kier alpha value is -2.34. The van der Waals surface area contributed by atoms with Crippen LogP contribution in [0.25, 0.3) is 0 Å². The van der Waals surface area contributed by atoms with E-state index in [2.05, 4.69) is 24.5 Å². The van der Waals surface area contributed by atoms with Crippen molar-refractivity contribution in [2.24, 2.45) is 5.92 Å². The highest BCUT2D eigenvalue weighted by Crippen LogP contribution is 2.40. The van der Waals surface area contributed by atoms with Gasteiger partial charge < -0.3 is 15.4 Å². The maximum atomic E-state index is 12.5. The number of fused-ring (bicyclic) bond motifs is 1. The molecule has 1 atom stereocenters. The largest absolute Gasteiger partial charge is 0.462 e. The average Bonchev–Trinajstić information content (AvgIpc) is 2.99. The molecule has 28 heavy (non-hydrogen) atoms. The molecule has 1 amide bonds. The van der Waals surface area contributed by atoms with Crippen LogP contribution in [0.1, 0.15) is 52.2 Å². The van der Waals surface area contributed by atoms with E-state index in [0.29, 0.717) is 23.1 Å². The van der Waals surface area contributed by atoms with Gasteiger partial charge in [-0.05, 0) is 74.8 Å². The minimum atomic E-state index is -0.341. The molecular weight excluding hydrogens is 372 g/mol. The van der Waals surface area contributed by atoms with Crippen molar-refractivity contribution >= 4 is 33.9 Å². The number of benzene rings is 1. The zero-order valence-corrected chi connectivity index (χ0v) is 17.8. The van der Waals surface area contributed by atoms with Crippen molar-refractivity contribution in [3.63, 3.8) is 0 Å². The SMILES string of the molecule is CCOC(=O)c1c(NC(=O)CNc2ccc(C)c(C)c2)sc2c1CCC(C)C2. The van der Waals surface area contributed by atoms with Crippen molar-refractivity contribution in [3.8, 4) is 0 Å². The van der Waals surface area contributed by atoms with Gasteiger partial charge in [-0.15, -0.1) is 11.3 Å². The first-order chi connectivity index (χ1) is 13.4. The van der Waals surface area contributed by atoms with Gasteiger partial charge >= 0.3 is 5.97 Å². The molecule has 0 spiro atoms. The van der Waals surface area contributed by atoms with Gasteiger partial charge in [-0.3, -0.25) is 4.79 Å².